The van der Waals surface area contributed by atoms with Gasteiger partial charge in [0.2, 0.25) is 5.91 Å². The summed E-state index contributed by atoms with van der Waals surface area (Å²) in [4.78, 5) is 43.3. The van der Waals surface area contributed by atoms with E-state index in [2.05, 4.69) is 18.3 Å². The van der Waals surface area contributed by atoms with Crippen LogP contribution >= 0.6 is 11.8 Å². The molecule has 1 aliphatic carbocycles. The molecular weight excluding hydrogens is 410 g/mol. The third-order valence-electron chi connectivity index (χ3n) is 6.52. The van der Waals surface area contributed by atoms with Gasteiger partial charge >= 0.3 is 6.03 Å². The lowest BCUT2D eigenvalue weighted by Gasteiger charge is -2.32. The number of fused-ring (bicyclic) bond motifs is 2. The van der Waals surface area contributed by atoms with Crippen molar-refractivity contribution in [1.29, 1.82) is 0 Å². The van der Waals surface area contributed by atoms with Gasteiger partial charge in [-0.1, -0.05) is 43.3 Å². The van der Waals surface area contributed by atoms with Crippen molar-refractivity contribution in [3.63, 3.8) is 0 Å². The number of para-hydroxylation sites is 1. The van der Waals surface area contributed by atoms with Crippen LogP contribution in [0.3, 0.4) is 0 Å². The van der Waals surface area contributed by atoms with Gasteiger partial charge in [-0.15, -0.1) is 11.8 Å². The molecule has 31 heavy (non-hydrogen) atoms. The zero-order valence-electron chi connectivity index (χ0n) is 17.5. The maximum Gasteiger partial charge on any atom is 0.325 e. The number of urea groups is 1. The fraction of sp³-hybridized carbons (Fsp3) is 0.375. The highest BCUT2D eigenvalue weighted by molar-refractivity contribution is 8.00. The molecule has 2 atom stereocenters. The summed E-state index contributed by atoms with van der Waals surface area (Å²) >= 11 is 1.76. The molecule has 1 spiro atoms. The second-order valence-corrected chi connectivity index (χ2v) is 10.1. The zero-order valence-corrected chi connectivity index (χ0v) is 18.3. The van der Waals surface area contributed by atoms with E-state index in [0.717, 1.165) is 33.9 Å². The number of nitrogens with one attached hydrogen (secondary N) is 1. The summed E-state index contributed by atoms with van der Waals surface area (Å²) in [6.07, 6.45) is 2.61. The molecule has 2 unspecified atom stereocenters. The van der Waals surface area contributed by atoms with E-state index >= 15 is 0 Å². The Kier molecular flexibility index (Phi) is 5.01. The summed E-state index contributed by atoms with van der Waals surface area (Å²) < 4.78 is 0. The lowest BCUT2D eigenvalue weighted by atomic mass is 9.78. The van der Waals surface area contributed by atoms with Gasteiger partial charge < -0.3 is 10.2 Å². The Morgan fingerprint density at radius 2 is 1.87 bits per heavy atom. The largest absolute Gasteiger partial charge is 0.325 e. The van der Waals surface area contributed by atoms with Gasteiger partial charge in [0.25, 0.3) is 5.91 Å². The first-order valence-corrected chi connectivity index (χ1v) is 11.6. The van der Waals surface area contributed by atoms with E-state index in [-0.39, 0.29) is 18.4 Å². The minimum Gasteiger partial charge on any atom is -0.323 e. The third-order valence-corrected chi connectivity index (χ3v) is 7.75. The molecule has 0 aromatic heterocycles. The second-order valence-electron chi connectivity index (χ2n) is 8.58. The number of benzene rings is 2. The van der Waals surface area contributed by atoms with E-state index in [0.29, 0.717) is 24.6 Å². The molecule has 0 saturated carbocycles. The molecule has 160 valence electrons. The quantitative estimate of drug-likeness (QED) is 0.735. The van der Waals surface area contributed by atoms with Crippen molar-refractivity contribution in [3.05, 3.63) is 59.7 Å². The third kappa shape index (κ3) is 3.51. The van der Waals surface area contributed by atoms with E-state index < -0.39 is 11.6 Å². The van der Waals surface area contributed by atoms with Gasteiger partial charge in [0.1, 0.15) is 12.1 Å². The van der Waals surface area contributed by atoms with Crippen LogP contribution < -0.4 is 10.2 Å². The van der Waals surface area contributed by atoms with Gasteiger partial charge in [0, 0.05) is 23.1 Å². The number of rotatable bonds is 2. The normalized spacial score (nSPS) is 25.1. The number of nitrogens with zero attached hydrogens (tertiary/aromatic N) is 2. The van der Waals surface area contributed by atoms with Gasteiger partial charge in [-0.2, -0.15) is 0 Å². The van der Waals surface area contributed by atoms with Crippen molar-refractivity contribution in [2.45, 2.75) is 48.3 Å². The molecule has 3 aliphatic rings. The first kappa shape index (κ1) is 20.1. The molecule has 2 aliphatic heterocycles. The fourth-order valence-electron chi connectivity index (χ4n) is 4.81. The topological polar surface area (TPSA) is 69.7 Å². The first-order chi connectivity index (χ1) is 15.0. The zero-order chi connectivity index (χ0) is 21.6. The predicted octanol–water partition coefficient (Wildman–Crippen LogP) is 3.38. The number of imide groups is 1. The Labute approximate surface area is 186 Å². The number of carbonyl (C=O) groups excluding carboxylic acids is 3. The van der Waals surface area contributed by atoms with E-state index in [9.17, 15) is 14.4 Å². The van der Waals surface area contributed by atoms with Crippen LogP contribution in [0.2, 0.25) is 0 Å². The summed E-state index contributed by atoms with van der Waals surface area (Å²) in [5.74, 6) is -0.509. The van der Waals surface area contributed by atoms with Crippen LogP contribution in [0.5, 0.6) is 0 Å². The van der Waals surface area contributed by atoms with E-state index in [1.54, 1.807) is 16.7 Å². The average Bonchev–Trinajstić information content (AvgIpc) is 2.90. The van der Waals surface area contributed by atoms with Gasteiger partial charge in [-0.3, -0.25) is 14.5 Å². The molecule has 1 saturated heterocycles. The standard InChI is InChI=1S/C24H25N3O3S/c1-16-11-13-26(19-8-4-5-9-20(19)31-16)21(28)15-27-22(29)24(25-23(27)30)12-10-17-6-2-3-7-18(17)14-24/h2-9,16H,10-15H2,1H3,(H,25,30). The molecule has 2 heterocycles. The van der Waals surface area contributed by atoms with Crippen LogP contribution in [0.1, 0.15) is 30.9 Å². The van der Waals surface area contributed by atoms with Crippen molar-refractivity contribution >= 4 is 35.3 Å². The summed E-state index contributed by atoms with van der Waals surface area (Å²) in [5, 5.41) is 3.31. The number of aryl methyl sites for hydroxylation is 1. The number of anilines is 1. The maximum absolute atomic E-state index is 13.4. The van der Waals surface area contributed by atoms with Crippen molar-refractivity contribution in [2.24, 2.45) is 0 Å². The lowest BCUT2D eigenvalue weighted by Crippen LogP contribution is -2.51. The molecule has 4 amide bonds. The van der Waals surface area contributed by atoms with E-state index in [4.69, 9.17) is 0 Å². The van der Waals surface area contributed by atoms with Gasteiger partial charge in [-0.05, 0) is 42.5 Å². The minimum absolute atomic E-state index is 0.223. The number of thioether (sulfide) groups is 1. The number of amides is 4. The van der Waals surface area contributed by atoms with Crippen LogP contribution in [0.4, 0.5) is 10.5 Å². The lowest BCUT2D eigenvalue weighted by molar-refractivity contribution is -0.134. The first-order valence-electron chi connectivity index (χ1n) is 10.7. The molecule has 0 radical (unpaired) electrons. The summed E-state index contributed by atoms with van der Waals surface area (Å²) in [6, 6.07) is 15.4. The Bertz CT molecular complexity index is 1070. The highest BCUT2D eigenvalue weighted by Crippen LogP contribution is 2.38. The smallest absolute Gasteiger partial charge is 0.323 e. The Hall–Kier alpha value is -2.80. The SMILES string of the molecule is CC1CCN(C(=O)CN2C(=O)NC3(CCc4ccccc4C3)C2=O)c2ccccc2S1. The van der Waals surface area contributed by atoms with Gasteiger partial charge in [0.15, 0.2) is 0 Å². The summed E-state index contributed by atoms with van der Waals surface area (Å²) in [7, 11) is 0. The van der Waals surface area contributed by atoms with E-state index in [1.165, 1.54) is 5.56 Å². The molecule has 1 N–H and O–H groups in total. The molecule has 7 heteroatoms. The molecule has 2 aromatic rings. The van der Waals surface area contributed by atoms with E-state index in [1.807, 2.05) is 42.5 Å². The number of hydrogen-bond acceptors (Lipinski definition) is 4. The maximum atomic E-state index is 13.4. The van der Waals surface area contributed by atoms with Crippen molar-refractivity contribution in [1.82, 2.24) is 10.2 Å². The second kappa shape index (κ2) is 7.71. The van der Waals surface area contributed by atoms with Crippen LogP contribution in [-0.2, 0) is 22.4 Å². The fourth-order valence-corrected chi connectivity index (χ4v) is 5.92. The number of carbonyl (C=O) groups is 3. The molecule has 1 fully saturated rings. The monoisotopic (exact) mass is 435 g/mol. The highest BCUT2D eigenvalue weighted by atomic mass is 32.2. The Morgan fingerprint density at radius 3 is 2.71 bits per heavy atom. The highest BCUT2D eigenvalue weighted by Gasteiger charge is 2.52. The molecule has 2 aromatic carbocycles. The average molecular weight is 436 g/mol. The van der Waals surface area contributed by atoms with Crippen molar-refractivity contribution in [2.75, 3.05) is 18.0 Å². The predicted molar refractivity (Wildman–Crippen MR) is 120 cm³/mol. The molecule has 5 rings (SSSR count). The Balaban J connectivity index is 1.37. The summed E-state index contributed by atoms with van der Waals surface area (Å²) in [6.45, 7) is 2.49. The van der Waals surface area contributed by atoms with Gasteiger partial charge in [0.05, 0.1) is 5.69 Å². The van der Waals surface area contributed by atoms with Crippen molar-refractivity contribution < 1.29 is 14.4 Å². The van der Waals surface area contributed by atoms with Crippen LogP contribution in [0, 0.1) is 0 Å². The molecular formula is C24H25N3O3S. The molecule has 6 nitrogen and oxygen atoms in total. The molecule has 0 bridgehead atoms. The summed E-state index contributed by atoms with van der Waals surface area (Å²) in [5.41, 5.74) is 2.23. The van der Waals surface area contributed by atoms with Crippen LogP contribution in [0.15, 0.2) is 53.4 Å². The minimum atomic E-state index is -0.938. The van der Waals surface area contributed by atoms with Crippen molar-refractivity contribution in [3.8, 4) is 0 Å². The van der Waals surface area contributed by atoms with Gasteiger partial charge in [-0.25, -0.2) is 4.79 Å². The Morgan fingerprint density at radius 1 is 1.13 bits per heavy atom. The van der Waals surface area contributed by atoms with Crippen LogP contribution in [0.25, 0.3) is 0 Å². The number of hydrogen-bond donors (Lipinski definition) is 1. The van der Waals surface area contributed by atoms with Crippen LogP contribution in [-0.4, -0.2) is 46.6 Å².